The first-order valence-electron chi connectivity index (χ1n) is 7.71. The molecule has 3 rings (SSSR count). The molecule has 0 bridgehead atoms. The fraction of sp³-hybridized carbons (Fsp3) is 0.111. The van der Waals surface area contributed by atoms with Crippen LogP contribution in [-0.4, -0.2) is 25.4 Å². The lowest BCUT2D eigenvalue weighted by Gasteiger charge is -2.13. The van der Waals surface area contributed by atoms with Crippen molar-refractivity contribution < 1.29 is 17.9 Å². The lowest BCUT2D eigenvalue weighted by molar-refractivity contribution is -0.135. The number of rotatable bonds is 5. The second kappa shape index (κ2) is 7.00. The third-order valence-electron chi connectivity index (χ3n) is 3.74. The number of benzene rings is 2. The van der Waals surface area contributed by atoms with Gasteiger partial charge in [-0.05, 0) is 43.3 Å². The van der Waals surface area contributed by atoms with Gasteiger partial charge >= 0.3 is 5.97 Å². The van der Waals surface area contributed by atoms with E-state index in [1.165, 1.54) is 31.2 Å². The van der Waals surface area contributed by atoms with Crippen LogP contribution in [0.1, 0.15) is 12.5 Å². The van der Waals surface area contributed by atoms with Gasteiger partial charge in [-0.15, -0.1) is 0 Å². The van der Waals surface area contributed by atoms with E-state index in [2.05, 4.69) is 9.71 Å². The topological polar surface area (TPSA) is 112 Å². The zero-order chi connectivity index (χ0) is 18.7. The molecule has 0 amide bonds. The molecule has 0 aliphatic rings. The Morgan fingerprint density at radius 2 is 1.88 bits per heavy atom. The fourth-order valence-corrected chi connectivity index (χ4v) is 3.58. The summed E-state index contributed by atoms with van der Waals surface area (Å²) in [5.74, 6) is -0.401. The van der Waals surface area contributed by atoms with Crippen LogP contribution in [-0.2, 0) is 14.8 Å². The normalized spacial score (nSPS) is 12.5. The minimum atomic E-state index is -3.92. The van der Waals surface area contributed by atoms with Gasteiger partial charge in [0.1, 0.15) is 6.04 Å². The van der Waals surface area contributed by atoms with E-state index in [1.807, 2.05) is 24.3 Å². The number of ether oxygens (including phenoxy) is 1. The number of esters is 1. The molecule has 0 fully saturated rings. The molecule has 3 aromatic rings. The van der Waals surface area contributed by atoms with E-state index in [0.717, 1.165) is 10.9 Å². The molecule has 1 aromatic heterocycles. The third-order valence-corrected chi connectivity index (χ3v) is 5.30. The third kappa shape index (κ3) is 3.59. The smallest absolute Gasteiger partial charge is 0.329 e. The molecule has 7 nitrogen and oxygen atoms in total. The summed E-state index contributed by atoms with van der Waals surface area (Å²) in [7, 11) is -3.92. The number of carbonyl (C=O) groups is 1. The van der Waals surface area contributed by atoms with Crippen molar-refractivity contribution in [3.63, 3.8) is 0 Å². The van der Waals surface area contributed by atoms with Crippen LogP contribution in [0.25, 0.3) is 10.9 Å². The maximum Gasteiger partial charge on any atom is 0.329 e. The number of aromatic nitrogens is 1. The lowest BCUT2D eigenvalue weighted by atomic mass is 10.2. The lowest BCUT2D eigenvalue weighted by Crippen LogP contribution is -2.40. The van der Waals surface area contributed by atoms with Crippen LogP contribution < -0.4 is 9.46 Å². The Labute approximate surface area is 150 Å². The van der Waals surface area contributed by atoms with Crippen molar-refractivity contribution in [1.82, 2.24) is 9.71 Å². The van der Waals surface area contributed by atoms with Gasteiger partial charge in [-0.3, -0.25) is 0 Å². The molecule has 2 aromatic carbocycles. The summed E-state index contributed by atoms with van der Waals surface area (Å²) >= 11 is 0. The first-order valence-corrected chi connectivity index (χ1v) is 9.19. The Morgan fingerprint density at radius 3 is 2.58 bits per heavy atom. The summed E-state index contributed by atoms with van der Waals surface area (Å²) in [5.41, 5.74) is 1.15. The van der Waals surface area contributed by atoms with Crippen LogP contribution in [0.3, 0.4) is 0 Å². The monoisotopic (exact) mass is 369 g/mol. The van der Waals surface area contributed by atoms with Crippen LogP contribution in [0.4, 0.5) is 0 Å². The van der Waals surface area contributed by atoms with Crippen LogP contribution in [0.2, 0.25) is 0 Å². The SMILES string of the molecule is C[C@H](NS(=O)(=O)c1ccc(C#N)cc1)C(=O)Oc1c[nH]c2ccccc12. The summed E-state index contributed by atoms with van der Waals surface area (Å²) in [5, 5.41) is 9.49. The molecule has 1 atom stereocenters. The Hall–Kier alpha value is -3.15. The molecule has 0 radical (unpaired) electrons. The molecule has 0 saturated carbocycles. The zero-order valence-electron chi connectivity index (χ0n) is 13.8. The Morgan fingerprint density at radius 1 is 1.19 bits per heavy atom. The number of fused-ring (bicyclic) bond motifs is 1. The number of sulfonamides is 1. The van der Waals surface area contributed by atoms with Crippen molar-refractivity contribution in [2.75, 3.05) is 0 Å². The molecule has 1 heterocycles. The van der Waals surface area contributed by atoms with E-state index in [-0.39, 0.29) is 4.90 Å². The van der Waals surface area contributed by atoms with Crippen molar-refractivity contribution in [3.8, 4) is 11.8 Å². The fourth-order valence-electron chi connectivity index (χ4n) is 2.38. The molecule has 0 saturated heterocycles. The van der Waals surface area contributed by atoms with Crippen molar-refractivity contribution in [1.29, 1.82) is 5.26 Å². The molecule has 0 unspecified atom stereocenters. The Balaban J connectivity index is 1.73. The second-order valence-electron chi connectivity index (χ2n) is 5.60. The van der Waals surface area contributed by atoms with Crippen LogP contribution in [0.5, 0.6) is 5.75 Å². The number of carbonyl (C=O) groups excluding carboxylic acids is 1. The second-order valence-corrected chi connectivity index (χ2v) is 7.31. The number of para-hydroxylation sites is 1. The molecule has 2 N–H and O–H groups in total. The van der Waals surface area contributed by atoms with Crippen molar-refractivity contribution in [3.05, 3.63) is 60.3 Å². The molecule has 26 heavy (non-hydrogen) atoms. The first kappa shape index (κ1) is 17.7. The largest absolute Gasteiger partial charge is 0.423 e. The summed E-state index contributed by atoms with van der Waals surface area (Å²) in [6.45, 7) is 1.40. The van der Waals surface area contributed by atoms with E-state index in [9.17, 15) is 13.2 Å². The number of nitrogens with zero attached hydrogens (tertiary/aromatic N) is 1. The maximum atomic E-state index is 12.4. The average molecular weight is 369 g/mol. The van der Waals surface area contributed by atoms with Gasteiger partial charge in [-0.2, -0.15) is 9.98 Å². The number of aromatic amines is 1. The summed E-state index contributed by atoms with van der Waals surface area (Å²) < 4.78 is 32.3. The van der Waals surface area contributed by atoms with Crippen molar-refractivity contribution >= 4 is 26.9 Å². The summed E-state index contributed by atoms with van der Waals surface area (Å²) in [6.07, 6.45) is 1.55. The summed E-state index contributed by atoms with van der Waals surface area (Å²) in [4.78, 5) is 15.2. The highest BCUT2D eigenvalue weighted by atomic mass is 32.2. The van der Waals surface area contributed by atoms with E-state index < -0.39 is 22.0 Å². The molecular formula is C18H15N3O4S. The van der Waals surface area contributed by atoms with Gasteiger partial charge in [-0.1, -0.05) is 12.1 Å². The predicted octanol–water partition coefficient (Wildman–Crippen LogP) is 2.31. The molecule has 8 heteroatoms. The van der Waals surface area contributed by atoms with Crippen molar-refractivity contribution in [2.24, 2.45) is 0 Å². The number of nitrogens with one attached hydrogen (secondary N) is 2. The van der Waals surface area contributed by atoms with Gasteiger partial charge in [0.05, 0.1) is 16.5 Å². The van der Waals surface area contributed by atoms with E-state index >= 15 is 0 Å². The molecule has 132 valence electrons. The molecule has 0 spiro atoms. The van der Waals surface area contributed by atoms with Gasteiger partial charge < -0.3 is 9.72 Å². The standard InChI is InChI=1S/C18H15N3O4S/c1-12(21-26(23,24)14-8-6-13(10-19)7-9-14)18(22)25-17-11-20-16-5-3-2-4-15(16)17/h2-9,11-12,20-21H,1H3/t12-/m0/s1. The number of nitriles is 1. The Kier molecular flexibility index (Phi) is 4.75. The van der Waals surface area contributed by atoms with E-state index in [4.69, 9.17) is 10.00 Å². The number of hydrogen-bond donors (Lipinski definition) is 2. The van der Waals surface area contributed by atoms with E-state index in [1.54, 1.807) is 12.3 Å². The van der Waals surface area contributed by atoms with Crippen molar-refractivity contribution in [2.45, 2.75) is 17.9 Å². The zero-order valence-corrected chi connectivity index (χ0v) is 14.6. The highest BCUT2D eigenvalue weighted by Gasteiger charge is 2.24. The van der Waals surface area contributed by atoms with Gasteiger partial charge in [0.25, 0.3) is 0 Å². The van der Waals surface area contributed by atoms with Gasteiger partial charge in [-0.25, -0.2) is 13.2 Å². The average Bonchev–Trinajstić information content (AvgIpc) is 3.04. The summed E-state index contributed by atoms with van der Waals surface area (Å²) in [6, 6.07) is 13.5. The van der Waals surface area contributed by atoms with Crippen LogP contribution in [0.15, 0.2) is 59.6 Å². The molecule has 0 aliphatic heterocycles. The molecular weight excluding hydrogens is 354 g/mol. The van der Waals surface area contributed by atoms with Crippen LogP contribution in [0, 0.1) is 11.3 Å². The van der Waals surface area contributed by atoms with Gasteiger partial charge in [0.2, 0.25) is 10.0 Å². The first-order chi connectivity index (χ1) is 12.4. The Bertz CT molecular complexity index is 1100. The minimum Gasteiger partial charge on any atom is -0.423 e. The number of hydrogen-bond acceptors (Lipinski definition) is 5. The van der Waals surface area contributed by atoms with Gasteiger partial charge in [0, 0.05) is 17.1 Å². The van der Waals surface area contributed by atoms with Crippen LogP contribution >= 0.6 is 0 Å². The minimum absolute atomic E-state index is 0.0387. The highest BCUT2D eigenvalue weighted by Crippen LogP contribution is 2.25. The maximum absolute atomic E-state index is 12.4. The quantitative estimate of drug-likeness (QED) is 0.670. The van der Waals surface area contributed by atoms with Gasteiger partial charge in [0.15, 0.2) is 5.75 Å². The number of H-pyrrole nitrogens is 1. The molecule has 0 aliphatic carbocycles. The highest BCUT2D eigenvalue weighted by molar-refractivity contribution is 7.89. The predicted molar refractivity (Wildman–Crippen MR) is 94.9 cm³/mol. The van der Waals surface area contributed by atoms with E-state index in [0.29, 0.717) is 11.3 Å².